The maximum atomic E-state index is 11.6. The van der Waals surface area contributed by atoms with Gasteiger partial charge in [-0.25, -0.2) is 9.59 Å². The molecule has 6 heteroatoms. The van der Waals surface area contributed by atoms with Crippen molar-refractivity contribution in [3.8, 4) is 0 Å². The minimum atomic E-state index is -1.03. The first-order valence-electron chi connectivity index (χ1n) is 6.83. The third-order valence-electron chi connectivity index (χ3n) is 2.90. The fourth-order valence-electron chi connectivity index (χ4n) is 1.76. The minimum absolute atomic E-state index is 0. The summed E-state index contributed by atoms with van der Waals surface area (Å²) in [5.41, 5.74) is 0.862. The highest BCUT2D eigenvalue weighted by atomic mass is 32.1. The molecule has 1 rings (SSSR count). The first kappa shape index (κ1) is 19.3. The Morgan fingerprint density at radius 1 is 1.24 bits per heavy atom. The number of benzene rings is 1. The van der Waals surface area contributed by atoms with E-state index in [2.05, 4.69) is 5.32 Å². The molecule has 118 valence electrons. The Bertz CT molecular complexity index is 425. The number of nitrogens with one attached hydrogen (secondary N) is 1. The maximum absolute atomic E-state index is 11.6. The van der Waals surface area contributed by atoms with Gasteiger partial charge in [0, 0.05) is 0 Å². The van der Waals surface area contributed by atoms with Crippen molar-refractivity contribution in [1.82, 2.24) is 5.32 Å². The highest BCUT2D eigenvalue weighted by Crippen LogP contribution is 2.05. The molecule has 0 radical (unpaired) electrons. The molecule has 0 aliphatic rings. The Morgan fingerprint density at radius 3 is 2.48 bits per heavy atom. The van der Waals surface area contributed by atoms with E-state index in [0.29, 0.717) is 6.42 Å². The number of carboxylic acid groups (broad SMARTS) is 1. The van der Waals surface area contributed by atoms with Crippen molar-refractivity contribution in [1.29, 1.82) is 0 Å². The van der Waals surface area contributed by atoms with Crippen LogP contribution in [-0.4, -0.2) is 23.2 Å². The molecule has 0 unspecified atom stereocenters. The van der Waals surface area contributed by atoms with Crippen molar-refractivity contribution in [2.75, 3.05) is 0 Å². The van der Waals surface area contributed by atoms with Gasteiger partial charge in [-0.1, -0.05) is 56.5 Å². The topological polar surface area (TPSA) is 75.6 Å². The Balaban J connectivity index is 0.00000400. The molecule has 0 fully saturated rings. The maximum Gasteiger partial charge on any atom is 0.408 e. The van der Waals surface area contributed by atoms with Gasteiger partial charge in [0.05, 0.1) is 0 Å². The summed E-state index contributed by atoms with van der Waals surface area (Å²) in [6, 6.07) is 8.36. The Labute approximate surface area is 132 Å². The second-order valence-electron chi connectivity index (χ2n) is 4.59. The predicted molar refractivity (Wildman–Crippen MR) is 85.7 cm³/mol. The average molecular weight is 313 g/mol. The Morgan fingerprint density at radius 2 is 1.90 bits per heavy atom. The van der Waals surface area contributed by atoms with E-state index in [0.717, 1.165) is 24.8 Å². The summed E-state index contributed by atoms with van der Waals surface area (Å²) in [7, 11) is 0. The summed E-state index contributed by atoms with van der Waals surface area (Å²) in [6.45, 7) is 2.17. The largest absolute Gasteiger partial charge is 0.480 e. The number of aliphatic carboxylic acids is 1. The number of rotatable bonds is 8. The zero-order valence-electron chi connectivity index (χ0n) is 12.2. The van der Waals surface area contributed by atoms with E-state index in [-0.39, 0.29) is 20.1 Å². The van der Waals surface area contributed by atoms with Crippen LogP contribution >= 0.6 is 13.5 Å². The van der Waals surface area contributed by atoms with Crippen molar-refractivity contribution in [3.05, 3.63) is 35.9 Å². The van der Waals surface area contributed by atoms with Crippen LogP contribution in [0.3, 0.4) is 0 Å². The third-order valence-corrected chi connectivity index (χ3v) is 2.90. The van der Waals surface area contributed by atoms with Gasteiger partial charge in [-0.15, -0.1) is 0 Å². The van der Waals surface area contributed by atoms with Gasteiger partial charge < -0.3 is 15.2 Å². The predicted octanol–water partition coefficient (Wildman–Crippen LogP) is 3.06. The molecule has 0 aliphatic carbocycles. The number of alkyl carbamates (subject to hydrolysis) is 1. The minimum Gasteiger partial charge on any atom is -0.480 e. The van der Waals surface area contributed by atoms with Crippen LogP contribution in [0.15, 0.2) is 30.3 Å². The lowest BCUT2D eigenvalue weighted by Gasteiger charge is -2.14. The molecule has 1 aromatic rings. The van der Waals surface area contributed by atoms with Crippen LogP contribution in [0.2, 0.25) is 0 Å². The molecule has 1 atom stereocenters. The standard InChI is InChI=1S/C15H21NO4.H2S/c1-2-3-5-10-13(14(17)18)16-15(19)20-11-12-8-6-4-7-9-12;/h4,6-9,13H,2-3,5,10-11H2,1H3,(H,16,19)(H,17,18);1H2/t13-;/m0./s1. The van der Waals surface area contributed by atoms with Gasteiger partial charge in [0.1, 0.15) is 12.6 Å². The molecule has 5 nitrogen and oxygen atoms in total. The SMILES string of the molecule is CCCCC[C@H](NC(=O)OCc1ccccc1)C(=O)O.S. The lowest BCUT2D eigenvalue weighted by atomic mass is 10.1. The van der Waals surface area contributed by atoms with Crippen molar-refractivity contribution in [2.24, 2.45) is 0 Å². The van der Waals surface area contributed by atoms with Gasteiger partial charge in [-0.3, -0.25) is 0 Å². The zero-order chi connectivity index (χ0) is 14.8. The fourth-order valence-corrected chi connectivity index (χ4v) is 1.76. The lowest BCUT2D eigenvalue weighted by molar-refractivity contribution is -0.139. The van der Waals surface area contributed by atoms with Crippen LogP contribution < -0.4 is 5.32 Å². The summed E-state index contributed by atoms with van der Waals surface area (Å²) in [5, 5.41) is 11.4. The summed E-state index contributed by atoms with van der Waals surface area (Å²) in [6.07, 6.45) is 2.45. The number of hydrogen-bond donors (Lipinski definition) is 2. The van der Waals surface area contributed by atoms with Crippen LogP contribution in [0.5, 0.6) is 0 Å². The van der Waals surface area contributed by atoms with Crippen LogP contribution in [0.1, 0.15) is 38.2 Å². The van der Waals surface area contributed by atoms with Gasteiger partial charge in [0.15, 0.2) is 0 Å². The molecule has 0 saturated carbocycles. The zero-order valence-corrected chi connectivity index (χ0v) is 13.2. The third kappa shape index (κ3) is 8.24. The molecule has 2 N–H and O–H groups in total. The van der Waals surface area contributed by atoms with Gasteiger partial charge in [-0.2, -0.15) is 13.5 Å². The highest BCUT2D eigenvalue weighted by molar-refractivity contribution is 7.59. The van der Waals surface area contributed by atoms with Gasteiger partial charge in [-0.05, 0) is 12.0 Å². The second-order valence-corrected chi connectivity index (χ2v) is 4.59. The molecule has 1 amide bonds. The second kappa shape index (κ2) is 11.0. The Hall–Kier alpha value is -1.69. The van der Waals surface area contributed by atoms with E-state index >= 15 is 0 Å². The molecule has 21 heavy (non-hydrogen) atoms. The molecular weight excluding hydrogens is 290 g/mol. The molecule has 0 aromatic heterocycles. The van der Waals surface area contributed by atoms with E-state index in [4.69, 9.17) is 9.84 Å². The monoisotopic (exact) mass is 313 g/mol. The number of unbranched alkanes of at least 4 members (excludes halogenated alkanes) is 2. The first-order chi connectivity index (χ1) is 9.63. The molecule has 0 spiro atoms. The van der Waals surface area contributed by atoms with E-state index in [1.807, 2.05) is 37.3 Å². The van der Waals surface area contributed by atoms with Gasteiger partial charge in [0.25, 0.3) is 0 Å². The van der Waals surface area contributed by atoms with E-state index in [1.54, 1.807) is 0 Å². The molecular formula is C15H23NO4S. The molecule has 0 aliphatic heterocycles. The van der Waals surface area contributed by atoms with Crippen molar-refractivity contribution >= 4 is 25.6 Å². The summed E-state index contributed by atoms with van der Waals surface area (Å²) < 4.78 is 5.00. The first-order valence-corrected chi connectivity index (χ1v) is 6.83. The summed E-state index contributed by atoms with van der Waals surface area (Å²) in [4.78, 5) is 22.6. The molecule has 1 aromatic carbocycles. The molecule has 0 saturated heterocycles. The van der Waals surface area contributed by atoms with Crippen LogP contribution in [-0.2, 0) is 16.1 Å². The number of ether oxygens (including phenoxy) is 1. The number of carbonyl (C=O) groups excluding carboxylic acids is 1. The smallest absolute Gasteiger partial charge is 0.408 e. The van der Waals surface area contributed by atoms with E-state index in [9.17, 15) is 9.59 Å². The van der Waals surface area contributed by atoms with Crippen LogP contribution in [0.25, 0.3) is 0 Å². The van der Waals surface area contributed by atoms with Crippen molar-refractivity contribution in [3.63, 3.8) is 0 Å². The normalized spacial score (nSPS) is 11.1. The number of carboxylic acids is 1. The van der Waals surface area contributed by atoms with Gasteiger partial charge >= 0.3 is 12.1 Å². The number of amides is 1. The molecule has 0 heterocycles. The van der Waals surface area contributed by atoms with Gasteiger partial charge in [0.2, 0.25) is 0 Å². The van der Waals surface area contributed by atoms with Crippen molar-refractivity contribution < 1.29 is 19.4 Å². The quantitative estimate of drug-likeness (QED) is 0.723. The highest BCUT2D eigenvalue weighted by Gasteiger charge is 2.19. The Kier molecular flexibility index (Phi) is 10.1. The lowest BCUT2D eigenvalue weighted by Crippen LogP contribution is -2.40. The van der Waals surface area contributed by atoms with Crippen molar-refractivity contribution in [2.45, 2.75) is 45.3 Å². The number of carbonyl (C=O) groups is 2. The summed E-state index contributed by atoms with van der Waals surface area (Å²) in [5.74, 6) is -1.03. The summed E-state index contributed by atoms with van der Waals surface area (Å²) >= 11 is 0. The van der Waals surface area contributed by atoms with Crippen LogP contribution in [0.4, 0.5) is 4.79 Å². The van der Waals surface area contributed by atoms with E-state index < -0.39 is 18.1 Å². The van der Waals surface area contributed by atoms with Crippen LogP contribution in [0, 0.1) is 0 Å². The number of hydrogen-bond acceptors (Lipinski definition) is 3. The average Bonchev–Trinajstić information content (AvgIpc) is 2.45. The fraction of sp³-hybridized carbons (Fsp3) is 0.467. The van der Waals surface area contributed by atoms with E-state index in [1.165, 1.54) is 0 Å². The molecule has 0 bridgehead atoms.